The van der Waals surface area contributed by atoms with Gasteiger partial charge in [-0.05, 0) is 32.2 Å². The zero-order chi connectivity index (χ0) is 7.68. The molecule has 12 heavy (non-hydrogen) atoms. The van der Waals surface area contributed by atoms with Crippen molar-refractivity contribution in [2.24, 2.45) is 0 Å². The van der Waals surface area contributed by atoms with Gasteiger partial charge in [-0.3, -0.25) is 4.79 Å². The molecular formula is C8H15ClN2O. The Labute approximate surface area is 78.7 Å². The van der Waals surface area contributed by atoms with Gasteiger partial charge >= 0.3 is 0 Å². The summed E-state index contributed by atoms with van der Waals surface area (Å²) in [6.07, 6.45) is 4.65. The van der Waals surface area contributed by atoms with Gasteiger partial charge in [-0.25, -0.2) is 0 Å². The van der Waals surface area contributed by atoms with E-state index in [4.69, 9.17) is 0 Å². The van der Waals surface area contributed by atoms with Crippen LogP contribution in [0.3, 0.4) is 0 Å². The molecule has 0 aromatic heterocycles. The van der Waals surface area contributed by atoms with E-state index >= 15 is 0 Å². The van der Waals surface area contributed by atoms with Crippen LogP contribution in [0.1, 0.15) is 25.7 Å². The third kappa shape index (κ3) is 1.90. The Balaban J connectivity index is 0.000000720. The molecule has 0 aromatic rings. The zero-order valence-electron chi connectivity index (χ0n) is 7.01. The first-order valence-corrected chi connectivity index (χ1v) is 4.40. The average molecular weight is 191 g/mol. The standard InChI is InChI=1S/C8H14N2O.ClH/c11-8(7-4-5-9-7)10-6-2-1-3-6;/h6-7,9H,1-5H2,(H,10,11);1H/t7-;/m1./s1. The summed E-state index contributed by atoms with van der Waals surface area (Å²) in [4.78, 5) is 11.3. The monoisotopic (exact) mass is 190 g/mol. The quantitative estimate of drug-likeness (QED) is 0.664. The lowest BCUT2D eigenvalue weighted by Gasteiger charge is -2.32. The van der Waals surface area contributed by atoms with Gasteiger partial charge in [-0.1, -0.05) is 0 Å². The van der Waals surface area contributed by atoms with Crippen LogP contribution >= 0.6 is 12.4 Å². The van der Waals surface area contributed by atoms with E-state index in [-0.39, 0.29) is 24.4 Å². The number of carbonyl (C=O) groups is 1. The summed E-state index contributed by atoms with van der Waals surface area (Å²) >= 11 is 0. The van der Waals surface area contributed by atoms with Gasteiger partial charge in [0.05, 0.1) is 6.04 Å². The van der Waals surface area contributed by atoms with Crippen LogP contribution < -0.4 is 10.6 Å². The molecule has 2 rings (SSSR count). The largest absolute Gasteiger partial charge is 0.352 e. The van der Waals surface area contributed by atoms with Gasteiger partial charge in [0.25, 0.3) is 0 Å². The summed E-state index contributed by atoms with van der Waals surface area (Å²) in [7, 11) is 0. The van der Waals surface area contributed by atoms with Gasteiger partial charge in [-0.15, -0.1) is 12.4 Å². The first-order valence-electron chi connectivity index (χ1n) is 4.40. The summed E-state index contributed by atoms with van der Waals surface area (Å²) < 4.78 is 0. The Morgan fingerprint density at radius 3 is 2.33 bits per heavy atom. The molecule has 1 aliphatic carbocycles. The van der Waals surface area contributed by atoms with Gasteiger partial charge in [0.2, 0.25) is 5.91 Å². The highest BCUT2D eigenvalue weighted by Gasteiger charge is 2.27. The number of halogens is 1. The molecule has 1 saturated carbocycles. The molecule has 0 unspecified atom stereocenters. The van der Waals surface area contributed by atoms with E-state index in [1.807, 2.05) is 0 Å². The Kier molecular flexibility index (Phi) is 3.35. The molecule has 4 heteroatoms. The predicted molar refractivity (Wildman–Crippen MR) is 49.4 cm³/mol. The normalized spacial score (nSPS) is 27.8. The van der Waals surface area contributed by atoms with Crippen molar-refractivity contribution in [1.82, 2.24) is 10.6 Å². The summed E-state index contributed by atoms with van der Waals surface area (Å²) in [6, 6.07) is 0.612. The van der Waals surface area contributed by atoms with Crippen LogP contribution in [0.25, 0.3) is 0 Å². The van der Waals surface area contributed by atoms with Crippen LogP contribution in [0.2, 0.25) is 0 Å². The topological polar surface area (TPSA) is 41.1 Å². The summed E-state index contributed by atoms with van der Waals surface area (Å²) in [5.74, 6) is 0.209. The Bertz CT molecular complexity index is 166. The van der Waals surface area contributed by atoms with E-state index in [0.717, 1.165) is 13.0 Å². The highest BCUT2D eigenvalue weighted by atomic mass is 35.5. The van der Waals surface area contributed by atoms with Crippen molar-refractivity contribution in [1.29, 1.82) is 0 Å². The number of nitrogens with one attached hydrogen (secondary N) is 2. The van der Waals surface area contributed by atoms with Crippen LogP contribution in [0.4, 0.5) is 0 Å². The molecule has 3 nitrogen and oxygen atoms in total. The number of rotatable bonds is 2. The fourth-order valence-corrected chi connectivity index (χ4v) is 1.37. The molecule has 2 fully saturated rings. The molecule has 1 aliphatic heterocycles. The van der Waals surface area contributed by atoms with E-state index in [1.54, 1.807) is 0 Å². The molecule has 2 N–H and O–H groups in total. The van der Waals surface area contributed by atoms with Crippen LogP contribution in [-0.4, -0.2) is 24.5 Å². The minimum atomic E-state index is 0. The fraction of sp³-hybridized carbons (Fsp3) is 0.875. The lowest BCUT2D eigenvalue weighted by molar-refractivity contribution is -0.125. The molecule has 1 amide bonds. The Morgan fingerprint density at radius 2 is 2.00 bits per heavy atom. The first kappa shape index (κ1) is 9.81. The maximum Gasteiger partial charge on any atom is 0.237 e. The highest BCUT2D eigenvalue weighted by Crippen LogP contribution is 2.18. The summed E-state index contributed by atoms with van der Waals surface area (Å²) in [6.45, 7) is 1.00. The molecule has 0 aromatic carbocycles. The highest BCUT2D eigenvalue weighted by molar-refractivity contribution is 5.85. The molecule has 0 bridgehead atoms. The minimum absolute atomic E-state index is 0. The van der Waals surface area contributed by atoms with Crippen LogP contribution in [0, 0.1) is 0 Å². The second kappa shape index (κ2) is 4.10. The van der Waals surface area contributed by atoms with Gasteiger partial charge in [0, 0.05) is 6.04 Å². The Hall–Kier alpha value is -0.280. The maximum absolute atomic E-state index is 11.3. The first-order chi connectivity index (χ1) is 5.36. The lowest BCUT2D eigenvalue weighted by atomic mass is 9.92. The van der Waals surface area contributed by atoms with Crippen molar-refractivity contribution in [2.45, 2.75) is 37.8 Å². The SMILES string of the molecule is Cl.O=C(NC1CCC1)[C@H]1CCN1. The third-order valence-corrected chi connectivity index (χ3v) is 2.59. The lowest BCUT2D eigenvalue weighted by Crippen LogP contribution is -2.56. The Morgan fingerprint density at radius 1 is 1.33 bits per heavy atom. The van der Waals surface area contributed by atoms with Crippen LogP contribution in [0.5, 0.6) is 0 Å². The smallest absolute Gasteiger partial charge is 0.237 e. The van der Waals surface area contributed by atoms with E-state index in [9.17, 15) is 4.79 Å². The van der Waals surface area contributed by atoms with E-state index in [0.29, 0.717) is 6.04 Å². The second-order valence-electron chi connectivity index (χ2n) is 3.43. The molecule has 0 spiro atoms. The van der Waals surface area contributed by atoms with Crippen molar-refractivity contribution in [2.75, 3.05) is 6.54 Å². The third-order valence-electron chi connectivity index (χ3n) is 2.59. The molecule has 1 heterocycles. The van der Waals surface area contributed by atoms with Crippen molar-refractivity contribution < 1.29 is 4.79 Å². The molecule has 0 radical (unpaired) electrons. The number of hydrogen-bond acceptors (Lipinski definition) is 2. The number of amides is 1. The van der Waals surface area contributed by atoms with E-state index in [2.05, 4.69) is 10.6 Å². The molecular weight excluding hydrogens is 176 g/mol. The molecule has 1 atom stereocenters. The van der Waals surface area contributed by atoms with Crippen LogP contribution in [0.15, 0.2) is 0 Å². The van der Waals surface area contributed by atoms with Crippen molar-refractivity contribution >= 4 is 18.3 Å². The second-order valence-corrected chi connectivity index (χ2v) is 3.43. The van der Waals surface area contributed by atoms with Crippen molar-refractivity contribution in [3.05, 3.63) is 0 Å². The van der Waals surface area contributed by atoms with Gasteiger partial charge in [0.15, 0.2) is 0 Å². The van der Waals surface area contributed by atoms with E-state index < -0.39 is 0 Å². The minimum Gasteiger partial charge on any atom is -0.352 e. The number of hydrogen-bond donors (Lipinski definition) is 2. The average Bonchev–Trinajstić information content (AvgIpc) is 1.74. The van der Waals surface area contributed by atoms with E-state index in [1.165, 1.54) is 19.3 Å². The summed E-state index contributed by atoms with van der Waals surface area (Å²) in [5, 5.41) is 6.10. The maximum atomic E-state index is 11.3. The number of carbonyl (C=O) groups excluding carboxylic acids is 1. The van der Waals surface area contributed by atoms with Crippen LogP contribution in [-0.2, 0) is 4.79 Å². The van der Waals surface area contributed by atoms with Crippen molar-refractivity contribution in [3.8, 4) is 0 Å². The predicted octanol–water partition coefficient (Wildman–Crippen LogP) is 0.439. The van der Waals surface area contributed by atoms with Gasteiger partial charge < -0.3 is 10.6 Å². The zero-order valence-corrected chi connectivity index (χ0v) is 7.82. The van der Waals surface area contributed by atoms with Gasteiger partial charge in [-0.2, -0.15) is 0 Å². The fourth-order valence-electron chi connectivity index (χ4n) is 1.37. The van der Waals surface area contributed by atoms with Crippen molar-refractivity contribution in [3.63, 3.8) is 0 Å². The molecule has 1 saturated heterocycles. The molecule has 70 valence electrons. The molecule has 2 aliphatic rings. The van der Waals surface area contributed by atoms with Gasteiger partial charge in [0.1, 0.15) is 0 Å². The summed E-state index contributed by atoms with van der Waals surface area (Å²) in [5.41, 5.74) is 0.